The molecule has 16 heavy (non-hydrogen) atoms. The fourth-order valence-electron chi connectivity index (χ4n) is 1.02. The molecule has 0 aliphatic heterocycles. The second-order valence-corrected chi connectivity index (χ2v) is 4.63. The topological polar surface area (TPSA) is 38.3 Å². The van der Waals surface area contributed by atoms with Gasteiger partial charge < -0.3 is 4.74 Å². The highest BCUT2D eigenvalue weighted by Gasteiger charge is 2.18. The molecule has 1 aromatic carbocycles. The Bertz CT molecular complexity index is 381. The molecule has 0 saturated heterocycles. The number of para-hydroxylation sites is 1. The van der Waals surface area contributed by atoms with Gasteiger partial charge in [0.05, 0.1) is 10.7 Å². The van der Waals surface area contributed by atoms with Gasteiger partial charge >= 0.3 is 6.09 Å². The van der Waals surface area contributed by atoms with E-state index >= 15 is 0 Å². The zero-order valence-electron chi connectivity index (χ0n) is 9.30. The summed E-state index contributed by atoms with van der Waals surface area (Å²) in [5, 5.41) is 2.40. The van der Waals surface area contributed by atoms with Crippen LogP contribution in [0.5, 0.6) is 0 Å². The number of ether oxygens (including phenoxy) is 1. The van der Waals surface area contributed by atoms with Crippen molar-refractivity contribution >= 4 is 23.4 Å². The van der Waals surface area contributed by atoms with Crippen LogP contribution in [0.1, 0.15) is 20.8 Å². The van der Waals surface area contributed by atoms with Gasteiger partial charge in [-0.3, -0.25) is 5.32 Å². The minimum atomic E-state index is -0.737. The Hall–Kier alpha value is -1.29. The van der Waals surface area contributed by atoms with Gasteiger partial charge in [-0.25, -0.2) is 9.18 Å². The van der Waals surface area contributed by atoms with Crippen molar-refractivity contribution < 1.29 is 13.9 Å². The lowest BCUT2D eigenvalue weighted by molar-refractivity contribution is 0.0635. The van der Waals surface area contributed by atoms with E-state index in [0.717, 1.165) is 0 Å². The molecule has 0 saturated carbocycles. The Morgan fingerprint density at radius 3 is 2.56 bits per heavy atom. The molecule has 0 fully saturated rings. The fourth-order valence-corrected chi connectivity index (χ4v) is 1.23. The third-order valence-electron chi connectivity index (χ3n) is 1.59. The number of hydrogen-bond donors (Lipinski definition) is 1. The number of rotatable bonds is 1. The van der Waals surface area contributed by atoms with Crippen LogP contribution in [-0.2, 0) is 4.74 Å². The smallest absolute Gasteiger partial charge is 0.412 e. The Balaban J connectivity index is 2.78. The van der Waals surface area contributed by atoms with E-state index in [9.17, 15) is 9.18 Å². The molecule has 0 aliphatic rings. The first kappa shape index (κ1) is 12.8. The summed E-state index contributed by atoms with van der Waals surface area (Å²) >= 11 is 5.73. The van der Waals surface area contributed by atoms with Gasteiger partial charge in [-0.15, -0.1) is 0 Å². The zero-order chi connectivity index (χ0) is 12.3. The van der Waals surface area contributed by atoms with Crippen LogP contribution in [0.3, 0.4) is 0 Å². The maximum Gasteiger partial charge on any atom is 0.412 e. The Kier molecular flexibility index (Phi) is 3.75. The molecule has 0 atom stereocenters. The number of anilines is 1. The Morgan fingerprint density at radius 2 is 2.06 bits per heavy atom. The van der Waals surface area contributed by atoms with E-state index in [1.165, 1.54) is 18.2 Å². The molecule has 0 heterocycles. The van der Waals surface area contributed by atoms with E-state index in [0.29, 0.717) is 0 Å². The highest BCUT2D eigenvalue weighted by Crippen LogP contribution is 2.25. The highest BCUT2D eigenvalue weighted by atomic mass is 35.5. The molecule has 88 valence electrons. The third-order valence-corrected chi connectivity index (χ3v) is 1.90. The molecule has 1 amide bonds. The first-order valence-electron chi connectivity index (χ1n) is 4.73. The molecule has 1 aromatic rings. The van der Waals surface area contributed by atoms with Crippen molar-refractivity contribution in [1.29, 1.82) is 0 Å². The third kappa shape index (κ3) is 3.70. The standard InChI is InChI=1S/C11H13ClFNO2/c1-11(2,3)16-10(15)14-9-7(12)5-4-6-8(9)13/h4-6H,1-3H3,(H,14,15). The number of nitrogens with one attached hydrogen (secondary N) is 1. The zero-order valence-corrected chi connectivity index (χ0v) is 10.1. The molecular formula is C11H13ClFNO2. The summed E-state index contributed by atoms with van der Waals surface area (Å²) in [4.78, 5) is 11.4. The normalized spacial score (nSPS) is 11.1. The van der Waals surface area contributed by atoms with E-state index in [4.69, 9.17) is 16.3 Å². The van der Waals surface area contributed by atoms with Crippen molar-refractivity contribution in [3.8, 4) is 0 Å². The van der Waals surface area contributed by atoms with E-state index in [1.807, 2.05) is 0 Å². The Morgan fingerprint density at radius 1 is 1.44 bits per heavy atom. The van der Waals surface area contributed by atoms with Crippen LogP contribution in [-0.4, -0.2) is 11.7 Å². The van der Waals surface area contributed by atoms with Crippen molar-refractivity contribution in [2.75, 3.05) is 5.32 Å². The molecule has 0 aliphatic carbocycles. The van der Waals surface area contributed by atoms with Gasteiger partial charge in [0.2, 0.25) is 0 Å². The number of carbonyl (C=O) groups is 1. The lowest BCUT2D eigenvalue weighted by Crippen LogP contribution is -2.27. The SMILES string of the molecule is CC(C)(C)OC(=O)Nc1c(F)cccc1Cl. The lowest BCUT2D eigenvalue weighted by Gasteiger charge is -2.20. The molecule has 3 nitrogen and oxygen atoms in total. The van der Waals surface area contributed by atoms with E-state index in [2.05, 4.69) is 5.32 Å². The average molecular weight is 246 g/mol. The van der Waals surface area contributed by atoms with Crippen LogP contribution < -0.4 is 5.32 Å². The van der Waals surface area contributed by atoms with Crippen LogP contribution in [0.15, 0.2) is 18.2 Å². The van der Waals surface area contributed by atoms with Crippen LogP contribution in [0.2, 0.25) is 5.02 Å². The van der Waals surface area contributed by atoms with E-state index < -0.39 is 17.5 Å². The van der Waals surface area contributed by atoms with Gasteiger partial charge in [-0.2, -0.15) is 0 Å². The highest BCUT2D eigenvalue weighted by molar-refractivity contribution is 6.33. The maximum atomic E-state index is 13.3. The minimum absolute atomic E-state index is 0.0709. The Labute approximate surface area is 98.5 Å². The number of amides is 1. The molecular weight excluding hydrogens is 233 g/mol. The predicted octanol–water partition coefficient (Wildman–Crippen LogP) is 3.83. The number of benzene rings is 1. The van der Waals surface area contributed by atoms with Crippen molar-refractivity contribution in [2.45, 2.75) is 26.4 Å². The van der Waals surface area contributed by atoms with Crippen molar-refractivity contribution in [2.24, 2.45) is 0 Å². The van der Waals surface area contributed by atoms with Gasteiger partial charge in [0.25, 0.3) is 0 Å². The van der Waals surface area contributed by atoms with Crippen molar-refractivity contribution in [3.05, 3.63) is 29.0 Å². The van der Waals surface area contributed by atoms with Gasteiger partial charge in [0, 0.05) is 0 Å². The summed E-state index contributed by atoms with van der Waals surface area (Å²) in [6, 6.07) is 4.15. The summed E-state index contributed by atoms with van der Waals surface area (Å²) in [6.07, 6.45) is -0.737. The summed E-state index contributed by atoms with van der Waals surface area (Å²) in [6.45, 7) is 5.15. The number of carbonyl (C=O) groups excluding carboxylic acids is 1. The first-order valence-corrected chi connectivity index (χ1v) is 5.11. The summed E-state index contributed by atoms with van der Waals surface area (Å²) in [5.74, 6) is -0.599. The lowest BCUT2D eigenvalue weighted by atomic mass is 10.2. The van der Waals surface area contributed by atoms with Gasteiger partial charge in [-0.05, 0) is 32.9 Å². The van der Waals surface area contributed by atoms with Crippen molar-refractivity contribution in [3.63, 3.8) is 0 Å². The summed E-state index contributed by atoms with van der Waals surface area (Å²) in [7, 11) is 0. The second-order valence-electron chi connectivity index (χ2n) is 4.22. The summed E-state index contributed by atoms with van der Waals surface area (Å²) < 4.78 is 18.3. The quantitative estimate of drug-likeness (QED) is 0.817. The van der Waals surface area contributed by atoms with E-state index in [1.54, 1.807) is 20.8 Å². The largest absolute Gasteiger partial charge is 0.444 e. The maximum absolute atomic E-state index is 13.3. The second kappa shape index (κ2) is 4.70. The number of halogens is 2. The average Bonchev–Trinajstić information content (AvgIpc) is 2.08. The van der Waals surface area contributed by atoms with Crippen molar-refractivity contribution in [1.82, 2.24) is 0 Å². The predicted molar refractivity (Wildman–Crippen MR) is 61.3 cm³/mol. The fraction of sp³-hybridized carbons (Fsp3) is 0.364. The molecule has 0 unspecified atom stereocenters. The molecule has 0 radical (unpaired) electrons. The summed E-state index contributed by atoms with van der Waals surface area (Å²) in [5.41, 5.74) is -0.708. The number of hydrogen-bond acceptors (Lipinski definition) is 2. The van der Waals surface area contributed by atoms with Gasteiger partial charge in [-0.1, -0.05) is 17.7 Å². The first-order chi connectivity index (χ1) is 7.29. The minimum Gasteiger partial charge on any atom is -0.444 e. The van der Waals surface area contributed by atoms with Crippen LogP contribution >= 0.6 is 11.6 Å². The monoisotopic (exact) mass is 245 g/mol. The molecule has 1 N–H and O–H groups in total. The van der Waals surface area contributed by atoms with Crippen LogP contribution in [0, 0.1) is 5.82 Å². The van der Waals surface area contributed by atoms with Crippen LogP contribution in [0.4, 0.5) is 14.9 Å². The molecule has 0 spiro atoms. The molecule has 5 heteroatoms. The van der Waals surface area contributed by atoms with Gasteiger partial charge in [0.1, 0.15) is 11.4 Å². The molecule has 1 rings (SSSR count). The molecule has 0 bridgehead atoms. The molecule has 0 aromatic heterocycles. The van der Waals surface area contributed by atoms with Gasteiger partial charge in [0.15, 0.2) is 0 Å². The van der Waals surface area contributed by atoms with E-state index in [-0.39, 0.29) is 10.7 Å². The van der Waals surface area contributed by atoms with Crippen LogP contribution in [0.25, 0.3) is 0 Å².